The summed E-state index contributed by atoms with van der Waals surface area (Å²) in [5, 5.41) is 8.48. The lowest BCUT2D eigenvalue weighted by Gasteiger charge is -2.28. The van der Waals surface area contributed by atoms with Crippen molar-refractivity contribution in [1.29, 1.82) is 0 Å². The molecule has 0 radical (unpaired) electrons. The molecule has 176 valence electrons. The number of sulfone groups is 1. The molecule has 0 aliphatic carbocycles. The van der Waals surface area contributed by atoms with Crippen molar-refractivity contribution in [3.8, 4) is 0 Å². The van der Waals surface area contributed by atoms with E-state index < -0.39 is 19.8 Å². The lowest BCUT2D eigenvalue weighted by atomic mass is 10.1. The van der Waals surface area contributed by atoms with E-state index in [0.717, 1.165) is 19.3 Å². The van der Waals surface area contributed by atoms with Crippen LogP contribution >= 0.6 is 47.0 Å². The fourth-order valence-electron chi connectivity index (χ4n) is 3.30. The Morgan fingerprint density at radius 2 is 1.60 bits per heavy atom. The van der Waals surface area contributed by atoms with Gasteiger partial charge >= 0.3 is 0 Å². The molecule has 3 N–H and O–H groups in total. The number of hydrogen-bond donors (Lipinski definition) is 3. The van der Waals surface area contributed by atoms with Gasteiger partial charge in [-0.1, -0.05) is 93.1 Å². The quantitative estimate of drug-likeness (QED) is 0.144. The van der Waals surface area contributed by atoms with Crippen LogP contribution in [0, 0.1) is 0 Å². The van der Waals surface area contributed by atoms with Crippen LogP contribution in [0.15, 0.2) is 0 Å². The highest BCUT2D eigenvalue weighted by Gasteiger charge is 2.35. The molecule has 0 bridgehead atoms. The number of carbonyl (C=O) groups excluding carboxylic acids is 1. The Morgan fingerprint density at radius 1 is 1.03 bits per heavy atom. The van der Waals surface area contributed by atoms with Gasteiger partial charge in [-0.05, 0) is 25.1 Å². The summed E-state index contributed by atoms with van der Waals surface area (Å²) in [6, 6.07) is -0.288. The van der Waals surface area contributed by atoms with Crippen molar-refractivity contribution in [2.45, 2.75) is 93.6 Å². The summed E-state index contributed by atoms with van der Waals surface area (Å²) in [7, 11) is -3.04. The van der Waals surface area contributed by atoms with Gasteiger partial charge in [0, 0.05) is 12.5 Å². The molecule has 1 aliphatic heterocycles. The number of halogens is 3. The maximum Gasteiger partial charge on any atom is 0.228 e. The molecule has 1 aliphatic rings. The van der Waals surface area contributed by atoms with E-state index in [1.807, 2.05) is 0 Å². The first-order valence-electron chi connectivity index (χ1n) is 10.7. The van der Waals surface area contributed by atoms with Gasteiger partial charge in [0.1, 0.15) is 6.17 Å². The van der Waals surface area contributed by atoms with E-state index in [2.05, 4.69) is 22.9 Å². The maximum absolute atomic E-state index is 12.2. The summed E-state index contributed by atoms with van der Waals surface area (Å²) in [6.07, 6.45) is 10.3. The minimum atomic E-state index is -3.04. The van der Waals surface area contributed by atoms with Crippen molar-refractivity contribution in [2.24, 2.45) is 0 Å². The van der Waals surface area contributed by atoms with Gasteiger partial charge in [-0.2, -0.15) is 0 Å². The molecule has 0 aromatic heterocycles. The van der Waals surface area contributed by atoms with Crippen molar-refractivity contribution in [3.05, 3.63) is 0 Å². The number of rotatable bonds is 13. The summed E-state index contributed by atoms with van der Waals surface area (Å²) < 4.78 is 21.3. The molecule has 2 atom stereocenters. The van der Waals surface area contributed by atoms with Crippen LogP contribution in [0.25, 0.3) is 0 Å². The van der Waals surface area contributed by atoms with Crippen LogP contribution in [0.3, 0.4) is 0 Å². The molecule has 0 spiro atoms. The van der Waals surface area contributed by atoms with Crippen LogP contribution in [-0.4, -0.2) is 46.9 Å². The van der Waals surface area contributed by atoms with Gasteiger partial charge in [0.2, 0.25) is 9.70 Å². The second-order valence-corrected chi connectivity index (χ2v) is 12.8. The van der Waals surface area contributed by atoms with E-state index in [1.54, 1.807) is 0 Å². The average Bonchev–Trinajstić information content (AvgIpc) is 2.97. The smallest absolute Gasteiger partial charge is 0.228 e. The normalized spacial score (nSPS) is 19.3. The summed E-state index contributed by atoms with van der Waals surface area (Å²) in [5.41, 5.74) is 0. The molecule has 0 saturated carbocycles. The second kappa shape index (κ2) is 14.2. The molecule has 11 heteroatoms. The molecule has 1 rings (SSSR count). The average molecular weight is 523 g/mol. The fourth-order valence-corrected chi connectivity index (χ4v) is 5.58. The first-order chi connectivity index (χ1) is 14.0. The highest BCUT2D eigenvalue weighted by atomic mass is 35.6. The van der Waals surface area contributed by atoms with Crippen LogP contribution in [-0.2, 0) is 14.6 Å². The van der Waals surface area contributed by atoms with E-state index in [-0.39, 0.29) is 28.6 Å². The van der Waals surface area contributed by atoms with E-state index in [1.165, 1.54) is 38.5 Å². The third-order valence-electron chi connectivity index (χ3n) is 4.98. The van der Waals surface area contributed by atoms with E-state index in [4.69, 9.17) is 47.0 Å². The van der Waals surface area contributed by atoms with Crippen LogP contribution in [0.5, 0.6) is 0 Å². The number of amides is 1. The van der Waals surface area contributed by atoms with Crippen LogP contribution in [0.4, 0.5) is 0 Å². The maximum atomic E-state index is 12.2. The Labute approximate surface area is 201 Å². The topological polar surface area (TPSA) is 87.3 Å². The van der Waals surface area contributed by atoms with Gasteiger partial charge in [0.05, 0.1) is 11.5 Å². The monoisotopic (exact) mass is 521 g/mol. The minimum absolute atomic E-state index is 0.0121. The van der Waals surface area contributed by atoms with E-state index in [0.29, 0.717) is 12.8 Å². The molecule has 0 aromatic rings. The SMILES string of the molecule is CCCCCCCCCCCC(=O)N[C@@H](NC(=S)N[C@H]1CCS(=O)(=O)C1)C(Cl)(Cl)Cl. The Hall–Kier alpha value is -0.0200. The Bertz CT molecular complexity index is 643. The molecule has 30 heavy (non-hydrogen) atoms. The third kappa shape index (κ3) is 12.7. The predicted molar refractivity (Wildman–Crippen MR) is 130 cm³/mol. The zero-order chi connectivity index (χ0) is 22.6. The number of thiocarbonyl (C=S) groups is 1. The third-order valence-corrected chi connectivity index (χ3v) is 7.64. The number of carbonyl (C=O) groups is 1. The lowest BCUT2D eigenvalue weighted by Crippen LogP contribution is -2.58. The zero-order valence-corrected chi connectivity index (χ0v) is 21.4. The van der Waals surface area contributed by atoms with Crippen LogP contribution < -0.4 is 16.0 Å². The summed E-state index contributed by atoms with van der Waals surface area (Å²) in [6.45, 7) is 2.21. The molecule has 1 heterocycles. The first-order valence-corrected chi connectivity index (χ1v) is 14.0. The minimum Gasteiger partial charge on any atom is -0.359 e. The van der Waals surface area contributed by atoms with Crippen LogP contribution in [0.1, 0.15) is 77.6 Å². The van der Waals surface area contributed by atoms with E-state index >= 15 is 0 Å². The number of unbranched alkanes of at least 4 members (excludes halogenated alkanes) is 8. The molecule has 6 nitrogen and oxygen atoms in total. The fraction of sp³-hybridized carbons (Fsp3) is 0.895. The molecule has 1 fully saturated rings. The Balaban J connectivity index is 2.29. The zero-order valence-electron chi connectivity index (χ0n) is 17.5. The van der Waals surface area contributed by atoms with Gasteiger partial charge in [-0.25, -0.2) is 8.42 Å². The van der Waals surface area contributed by atoms with Crippen molar-refractivity contribution >= 4 is 67.9 Å². The number of alkyl halides is 3. The standard InChI is InChI=1S/C19H34Cl3N3O3S2/c1-2-3-4-5-6-7-8-9-10-11-16(26)24-17(19(20,21)22)25-18(29)23-15-12-13-30(27,28)14-15/h15,17H,2-14H2,1H3,(H,24,26)(H2,23,25,29)/t15-,17-/m0/s1. The van der Waals surface area contributed by atoms with Gasteiger partial charge < -0.3 is 16.0 Å². The number of nitrogens with one attached hydrogen (secondary N) is 3. The Kier molecular flexibility index (Phi) is 13.3. The molecular weight excluding hydrogens is 489 g/mol. The number of hydrogen-bond acceptors (Lipinski definition) is 4. The van der Waals surface area contributed by atoms with Crippen molar-refractivity contribution in [3.63, 3.8) is 0 Å². The van der Waals surface area contributed by atoms with Crippen LogP contribution in [0.2, 0.25) is 0 Å². The van der Waals surface area contributed by atoms with Crippen molar-refractivity contribution < 1.29 is 13.2 Å². The van der Waals surface area contributed by atoms with Gasteiger partial charge in [-0.15, -0.1) is 0 Å². The van der Waals surface area contributed by atoms with Crippen molar-refractivity contribution in [2.75, 3.05) is 11.5 Å². The molecular formula is C19H34Cl3N3O3S2. The summed E-state index contributed by atoms with van der Waals surface area (Å²) in [4.78, 5) is 12.2. The molecule has 0 aromatic carbocycles. The predicted octanol–water partition coefficient (Wildman–Crippen LogP) is 4.37. The lowest BCUT2D eigenvalue weighted by molar-refractivity contribution is -0.122. The molecule has 1 saturated heterocycles. The highest BCUT2D eigenvalue weighted by Crippen LogP contribution is 2.29. The first kappa shape index (κ1) is 28.0. The molecule has 1 amide bonds. The molecule has 0 unspecified atom stereocenters. The van der Waals surface area contributed by atoms with E-state index in [9.17, 15) is 13.2 Å². The highest BCUT2D eigenvalue weighted by molar-refractivity contribution is 7.91. The van der Waals surface area contributed by atoms with Gasteiger partial charge in [-0.3, -0.25) is 4.79 Å². The largest absolute Gasteiger partial charge is 0.359 e. The van der Waals surface area contributed by atoms with Crippen molar-refractivity contribution in [1.82, 2.24) is 16.0 Å². The second-order valence-electron chi connectivity index (χ2n) is 7.84. The summed E-state index contributed by atoms with van der Waals surface area (Å²) in [5.74, 6) is -0.0949. The van der Waals surface area contributed by atoms with Gasteiger partial charge in [0.15, 0.2) is 14.9 Å². The Morgan fingerprint density at radius 3 is 2.10 bits per heavy atom. The van der Waals surface area contributed by atoms with Gasteiger partial charge in [0.25, 0.3) is 0 Å². The summed E-state index contributed by atoms with van der Waals surface area (Å²) >= 11 is 23.1.